The Bertz CT molecular complexity index is 1870. The fourth-order valence-corrected chi connectivity index (χ4v) is 7.04. The highest BCUT2D eigenvalue weighted by molar-refractivity contribution is 5.38. The zero-order valence-electron chi connectivity index (χ0n) is 30.4. The highest BCUT2D eigenvalue weighted by Crippen LogP contribution is 2.44. The smallest absolute Gasteiger partial charge is 0.225 e. The monoisotopic (exact) mass is 734 g/mol. The second-order valence-electron chi connectivity index (χ2n) is 13.6. The van der Waals surface area contributed by atoms with Gasteiger partial charge < -0.3 is 38.3 Å². The van der Waals surface area contributed by atoms with Gasteiger partial charge in [0.25, 0.3) is 0 Å². The van der Waals surface area contributed by atoms with Crippen LogP contribution in [0, 0.1) is 5.82 Å². The van der Waals surface area contributed by atoms with Gasteiger partial charge in [0.1, 0.15) is 30.2 Å². The fourth-order valence-electron chi connectivity index (χ4n) is 7.04. The number of halogens is 1. The first-order valence-electron chi connectivity index (χ1n) is 18.6. The van der Waals surface area contributed by atoms with Crippen molar-refractivity contribution in [3.8, 4) is 0 Å². The first-order chi connectivity index (χ1) is 26.5. The summed E-state index contributed by atoms with van der Waals surface area (Å²) < 4.78 is 61.6. The van der Waals surface area contributed by atoms with Crippen LogP contribution >= 0.6 is 0 Å². The van der Waals surface area contributed by atoms with Gasteiger partial charge >= 0.3 is 0 Å². The predicted octanol–water partition coefficient (Wildman–Crippen LogP) is 7.95. The van der Waals surface area contributed by atoms with E-state index < -0.39 is 42.3 Å². The molecule has 8 nitrogen and oxygen atoms in total. The van der Waals surface area contributed by atoms with Crippen LogP contribution in [0.3, 0.4) is 0 Å². The lowest BCUT2D eigenvalue weighted by Gasteiger charge is -2.50. The molecule has 9 heteroatoms. The number of hydrogen-bond donors (Lipinski definition) is 1. The van der Waals surface area contributed by atoms with E-state index in [2.05, 4.69) is 0 Å². The van der Waals surface area contributed by atoms with Crippen molar-refractivity contribution in [2.75, 3.05) is 19.8 Å². The van der Waals surface area contributed by atoms with Gasteiger partial charge in [-0.3, -0.25) is 0 Å². The zero-order valence-corrected chi connectivity index (χ0v) is 30.4. The van der Waals surface area contributed by atoms with Crippen LogP contribution in [0.15, 0.2) is 133 Å². The molecule has 5 atom stereocenters. The van der Waals surface area contributed by atoms with Crippen molar-refractivity contribution in [1.29, 1.82) is 0 Å². The summed E-state index contributed by atoms with van der Waals surface area (Å²) in [6, 6.07) is 41.9. The number of hydrogen-bond acceptors (Lipinski definition) is 8. The molecule has 2 aliphatic heterocycles. The Morgan fingerprint density at radius 3 is 1.65 bits per heavy atom. The summed E-state index contributed by atoms with van der Waals surface area (Å²) >= 11 is 0. The van der Waals surface area contributed by atoms with Crippen LogP contribution in [0.4, 0.5) is 4.39 Å². The van der Waals surface area contributed by atoms with Crippen molar-refractivity contribution >= 4 is 0 Å². The molecule has 0 aromatic heterocycles. The molecule has 1 N–H and O–H groups in total. The molecule has 2 aliphatic rings. The Balaban J connectivity index is 1.32. The van der Waals surface area contributed by atoms with Gasteiger partial charge in [0.15, 0.2) is 6.29 Å². The Kier molecular flexibility index (Phi) is 12.9. The van der Waals surface area contributed by atoms with Crippen molar-refractivity contribution < 1.29 is 42.7 Å². The Morgan fingerprint density at radius 2 is 1.13 bits per heavy atom. The van der Waals surface area contributed by atoms with Crippen molar-refractivity contribution in [3.63, 3.8) is 0 Å². The highest BCUT2D eigenvalue weighted by atomic mass is 19.1. The fraction of sp³-hybridized carbons (Fsp3) is 0.333. The molecule has 0 amide bonds. The summed E-state index contributed by atoms with van der Waals surface area (Å²) in [5, 5.41) is 13.1. The van der Waals surface area contributed by atoms with Gasteiger partial charge in [0.2, 0.25) is 5.79 Å². The minimum Gasteiger partial charge on any atom is -0.374 e. The number of benzene rings is 5. The van der Waals surface area contributed by atoms with Gasteiger partial charge in [-0.05, 0) is 46.4 Å². The lowest BCUT2D eigenvalue weighted by molar-refractivity contribution is -0.379. The Labute approximate surface area is 316 Å². The number of aryl methyl sites for hydroxylation is 1. The van der Waals surface area contributed by atoms with Gasteiger partial charge in [-0.15, -0.1) is 0 Å². The molecular weight excluding hydrogens is 687 g/mol. The molecule has 2 fully saturated rings. The summed E-state index contributed by atoms with van der Waals surface area (Å²) in [5.74, 6) is -3.02. The molecule has 0 aliphatic carbocycles. The van der Waals surface area contributed by atoms with E-state index in [1.54, 1.807) is 6.07 Å². The minimum absolute atomic E-state index is 0.00360. The van der Waals surface area contributed by atoms with Gasteiger partial charge in [0.05, 0.1) is 46.2 Å². The molecule has 0 radical (unpaired) electrons. The zero-order chi connectivity index (χ0) is 37.2. The van der Waals surface area contributed by atoms with Crippen LogP contribution in [-0.2, 0) is 71.8 Å². The van der Waals surface area contributed by atoms with Gasteiger partial charge in [0, 0.05) is 11.1 Å². The molecule has 5 aromatic rings. The third-order valence-electron chi connectivity index (χ3n) is 9.81. The topological polar surface area (TPSA) is 84.8 Å². The molecule has 7 rings (SSSR count). The lowest BCUT2D eigenvalue weighted by atomic mass is 9.85. The minimum atomic E-state index is -2.37. The van der Waals surface area contributed by atoms with E-state index in [1.807, 2.05) is 128 Å². The van der Waals surface area contributed by atoms with Crippen molar-refractivity contribution in [2.45, 2.75) is 76.3 Å². The summed E-state index contributed by atoms with van der Waals surface area (Å²) in [5.41, 5.74) is 4.87. The molecule has 2 saturated heterocycles. The molecular formula is C45H47FO8. The summed E-state index contributed by atoms with van der Waals surface area (Å²) in [7, 11) is 0. The summed E-state index contributed by atoms with van der Waals surface area (Å²) in [6.07, 6.45) is -4.16. The average molecular weight is 735 g/mol. The second-order valence-corrected chi connectivity index (χ2v) is 13.6. The normalized spacial score (nSPS) is 23.1. The van der Waals surface area contributed by atoms with Crippen molar-refractivity contribution in [3.05, 3.63) is 178 Å². The third kappa shape index (κ3) is 9.14. The molecule has 1 unspecified atom stereocenters. The van der Waals surface area contributed by atoms with E-state index in [0.717, 1.165) is 22.3 Å². The third-order valence-corrected chi connectivity index (χ3v) is 9.81. The van der Waals surface area contributed by atoms with Crippen LogP contribution in [0.1, 0.15) is 52.2 Å². The highest BCUT2D eigenvalue weighted by Gasteiger charge is 2.58. The van der Waals surface area contributed by atoms with E-state index in [1.165, 1.54) is 6.07 Å². The molecule has 0 spiro atoms. The van der Waals surface area contributed by atoms with Crippen molar-refractivity contribution in [1.82, 2.24) is 0 Å². The van der Waals surface area contributed by atoms with E-state index in [9.17, 15) is 5.11 Å². The van der Waals surface area contributed by atoms with Crippen LogP contribution < -0.4 is 0 Å². The maximum atomic E-state index is 16.6. The average Bonchev–Trinajstić information content (AvgIpc) is 3.76. The molecule has 0 bridgehead atoms. The second kappa shape index (κ2) is 18.4. The molecule has 282 valence electrons. The quantitative estimate of drug-likeness (QED) is 0.109. The number of aliphatic hydroxyl groups is 1. The van der Waals surface area contributed by atoms with Crippen molar-refractivity contribution in [2.24, 2.45) is 0 Å². The largest absolute Gasteiger partial charge is 0.374 e. The van der Waals surface area contributed by atoms with E-state index in [4.69, 9.17) is 33.2 Å². The maximum Gasteiger partial charge on any atom is 0.225 e. The van der Waals surface area contributed by atoms with Gasteiger partial charge in [-0.1, -0.05) is 128 Å². The SMILES string of the molecule is CCc1cc(F)c(C2(O)O[C@H](COCc3ccccc3)[C@@H](OCc3ccccc3)[C@H](OCc3ccccc3)[C@H]2OCc2ccccc2)cc1C1OCCO1. The first-order valence-corrected chi connectivity index (χ1v) is 18.6. The Hall–Kier alpha value is -4.29. The molecule has 5 aromatic carbocycles. The lowest BCUT2D eigenvalue weighted by Crippen LogP contribution is -2.66. The van der Waals surface area contributed by atoms with E-state index in [-0.39, 0.29) is 38.6 Å². The molecule has 2 heterocycles. The standard InChI is InChI=1S/C45H47FO8/c1-2-36-25-39(46)38(26-37(36)44-49-23-24-50-44)45(47)43(53-30-35-21-13-6-14-22-35)42(52-29-34-19-11-5-12-20-34)41(51-28-33-17-9-4-10-18-33)40(54-45)31-48-27-32-15-7-3-8-16-32/h3-22,25-26,40-44,47H,2,23-24,27-31H2,1H3/t40-,41-,42+,43-,45?/m1/s1. The maximum absolute atomic E-state index is 16.6. The summed E-state index contributed by atoms with van der Waals surface area (Å²) in [4.78, 5) is 0. The first kappa shape index (κ1) is 38.0. The molecule has 0 saturated carbocycles. The number of ether oxygens (including phenoxy) is 7. The van der Waals surface area contributed by atoms with Crippen LogP contribution in [0.2, 0.25) is 0 Å². The van der Waals surface area contributed by atoms with Gasteiger partial charge in [-0.2, -0.15) is 0 Å². The summed E-state index contributed by atoms with van der Waals surface area (Å²) in [6.45, 7) is 3.51. The Morgan fingerprint density at radius 1 is 0.648 bits per heavy atom. The predicted molar refractivity (Wildman–Crippen MR) is 200 cm³/mol. The van der Waals surface area contributed by atoms with Gasteiger partial charge in [-0.25, -0.2) is 4.39 Å². The van der Waals surface area contributed by atoms with E-state index in [0.29, 0.717) is 30.8 Å². The van der Waals surface area contributed by atoms with Crippen LogP contribution in [0.25, 0.3) is 0 Å². The van der Waals surface area contributed by atoms with E-state index >= 15 is 4.39 Å². The number of rotatable bonds is 16. The van der Waals surface area contributed by atoms with Crippen LogP contribution in [0.5, 0.6) is 0 Å². The van der Waals surface area contributed by atoms with Crippen LogP contribution in [-0.4, -0.2) is 49.3 Å². The molecule has 54 heavy (non-hydrogen) atoms.